The van der Waals surface area contributed by atoms with Crippen molar-refractivity contribution in [1.82, 2.24) is 0 Å². The standard InChI is InChI=1S/C27H30O/c1-3-5-9-20(4-2)19-28-23-16-14-21(15-17-23)24-12-8-13-26-25-11-7-6-10-22(25)18-27(24)26/h6-8,10-17,20H,3-5,9,18-19H2,1-2H3. The average Bonchev–Trinajstić information content (AvgIpc) is 3.13. The van der Waals surface area contributed by atoms with E-state index in [0.717, 1.165) is 18.8 Å². The first-order chi connectivity index (χ1) is 13.8. The average molecular weight is 371 g/mol. The molecule has 3 aromatic rings. The van der Waals surface area contributed by atoms with Gasteiger partial charge in [-0.1, -0.05) is 87.7 Å². The van der Waals surface area contributed by atoms with E-state index in [1.54, 1.807) is 0 Å². The highest BCUT2D eigenvalue weighted by Crippen LogP contribution is 2.41. The molecule has 0 N–H and O–H groups in total. The molecule has 0 saturated carbocycles. The van der Waals surface area contributed by atoms with Gasteiger partial charge in [-0.3, -0.25) is 0 Å². The molecule has 0 amide bonds. The third-order valence-electron chi connectivity index (χ3n) is 6.05. The molecule has 0 radical (unpaired) electrons. The van der Waals surface area contributed by atoms with Gasteiger partial charge in [0.05, 0.1) is 6.61 Å². The van der Waals surface area contributed by atoms with Crippen LogP contribution in [0.2, 0.25) is 0 Å². The van der Waals surface area contributed by atoms with Crippen molar-refractivity contribution >= 4 is 0 Å². The van der Waals surface area contributed by atoms with E-state index in [9.17, 15) is 0 Å². The van der Waals surface area contributed by atoms with Gasteiger partial charge in [0.1, 0.15) is 5.75 Å². The van der Waals surface area contributed by atoms with Gasteiger partial charge in [-0.2, -0.15) is 0 Å². The maximum absolute atomic E-state index is 6.09. The number of ether oxygens (including phenoxy) is 1. The molecule has 0 heterocycles. The maximum atomic E-state index is 6.09. The van der Waals surface area contributed by atoms with Crippen molar-refractivity contribution in [2.45, 2.75) is 46.0 Å². The second-order valence-electron chi connectivity index (χ2n) is 7.92. The molecule has 0 fully saturated rings. The molecule has 28 heavy (non-hydrogen) atoms. The van der Waals surface area contributed by atoms with Crippen LogP contribution in [0.3, 0.4) is 0 Å². The zero-order valence-corrected chi connectivity index (χ0v) is 17.1. The van der Waals surface area contributed by atoms with Crippen LogP contribution in [-0.4, -0.2) is 6.61 Å². The van der Waals surface area contributed by atoms with Crippen molar-refractivity contribution in [3.63, 3.8) is 0 Å². The fourth-order valence-electron chi connectivity index (χ4n) is 4.27. The van der Waals surface area contributed by atoms with Gasteiger partial charge in [0.15, 0.2) is 0 Å². The van der Waals surface area contributed by atoms with Crippen LogP contribution >= 0.6 is 0 Å². The van der Waals surface area contributed by atoms with Gasteiger partial charge < -0.3 is 4.74 Å². The number of unbranched alkanes of at least 4 members (excludes halogenated alkanes) is 1. The van der Waals surface area contributed by atoms with Crippen LogP contribution in [0.15, 0.2) is 66.7 Å². The Morgan fingerprint density at radius 3 is 2.36 bits per heavy atom. The molecule has 1 aliphatic carbocycles. The molecule has 1 nitrogen and oxygen atoms in total. The van der Waals surface area contributed by atoms with E-state index in [4.69, 9.17) is 4.74 Å². The SMILES string of the molecule is CCCCC(CC)COc1ccc(-c2cccc3c2Cc2ccccc2-3)cc1. The normalized spacial score (nSPS) is 13.1. The molecule has 1 atom stereocenters. The summed E-state index contributed by atoms with van der Waals surface area (Å²) in [7, 11) is 0. The number of benzene rings is 3. The van der Waals surface area contributed by atoms with Crippen LogP contribution < -0.4 is 4.74 Å². The topological polar surface area (TPSA) is 9.23 Å². The van der Waals surface area contributed by atoms with Crippen LogP contribution in [0.1, 0.15) is 50.7 Å². The van der Waals surface area contributed by atoms with E-state index in [1.807, 2.05) is 0 Å². The lowest BCUT2D eigenvalue weighted by molar-refractivity contribution is 0.233. The van der Waals surface area contributed by atoms with Crippen LogP contribution in [0.4, 0.5) is 0 Å². The molecule has 0 aromatic heterocycles. The van der Waals surface area contributed by atoms with Gasteiger partial charge in [-0.15, -0.1) is 0 Å². The lowest BCUT2D eigenvalue weighted by Gasteiger charge is -2.16. The van der Waals surface area contributed by atoms with Gasteiger partial charge >= 0.3 is 0 Å². The second kappa shape index (κ2) is 8.65. The summed E-state index contributed by atoms with van der Waals surface area (Å²) in [5.41, 5.74) is 8.27. The van der Waals surface area contributed by atoms with Crippen molar-refractivity contribution in [2.24, 2.45) is 5.92 Å². The fraction of sp³-hybridized carbons (Fsp3) is 0.333. The van der Waals surface area contributed by atoms with Gasteiger partial charge in [0.25, 0.3) is 0 Å². The van der Waals surface area contributed by atoms with Crippen molar-refractivity contribution in [2.75, 3.05) is 6.61 Å². The first-order valence-corrected chi connectivity index (χ1v) is 10.7. The monoisotopic (exact) mass is 370 g/mol. The zero-order valence-electron chi connectivity index (χ0n) is 17.1. The molecular weight excluding hydrogens is 340 g/mol. The van der Waals surface area contributed by atoms with Crippen LogP contribution in [0.5, 0.6) is 5.75 Å². The molecule has 1 aliphatic rings. The maximum Gasteiger partial charge on any atom is 0.119 e. The highest BCUT2D eigenvalue weighted by Gasteiger charge is 2.20. The second-order valence-corrected chi connectivity index (χ2v) is 7.92. The third kappa shape index (κ3) is 3.85. The molecule has 3 aromatic carbocycles. The molecule has 1 heteroatoms. The van der Waals surface area contributed by atoms with Crippen molar-refractivity contribution in [1.29, 1.82) is 0 Å². The minimum absolute atomic E-state index is 0.663. The predicted octanol–water partition coefficient (Wildman–Crippen LogP) is 7.52. The molecule has 0 spiro atoms. The van der Waals surface area contributed by atoms with E-state index >= 15 is 0 Å². The van der Waals surface area contributed by atoms with Gasteiger partial charge in [-0.05, 0) is 64.3 Å². The summed E-state index contributed by atoms with van der Waals surface area (Å²) in [5, 5.41) is 0. The zero-order chi connectivity index (χ0) is 19.3. The lowest BCUT2D eigenvalue weighted by Crippen LogP contribution is -2.11. The number of fused-ring (bicyclic) bond motifs is 3. The quantitative estimate of drug-likeness (QED) is 0.311. The Bertz CT molecular complexity index is 923. The van der Waals surface area contributed by atoms with Crippen LogP contribution in [0, 0.1) is 5.92 Å². The van der Waals surface area contributed by atoms with E-state index < -0.39 is 0 Å². The molecule has 0 saturated heterocycles. The van der Waals surface area contributed by atoms with Crippen molar-refractivity contribution in [3.05, 3.63) is 77.9 Å². The van der Waals surface area contributed by atoms with Gasteiger partial charge in [0.2, 0.25) is 0 Å². The summed E-state index contributed by atoms with van der Waals surface area (Å²) in [4.78, 5) is 0. The van der Waals surface area contributed by atoms with Crippen LogP contribution in [0.25, 0.3) is 22.3 Å². The van der Waals surface area contributed by atoms with E-state index in [1.165, 1.54) is 59.1 Å². The summed E-state index contributed by atoms with van der Waals surface area (Å²) in [6.07, 6.45) is 6.03. The fourth-order valence-corrected chi connectivity index (χ4v) is 4.27. The Hall–Kier alpha value is -2.54. The Labute approximate surface area is 169 Å². The summed E-state index contributed by atoms with van der Waals surface area (Å²) in [6.45, 7) is 5.35. The van der Waals surface area contributed by atoms with Gasteiger partial charge in [-0.25, -0.2) is 0 Å². The first kappa shape index (κ1) is 18.8. The number of hydrogen-bond donors (Lipinski definition) is 0. The largest absolute Gasteiger partial charge is 0.493 e. The Balaban J connectivity index is 1.50. The summed E-state index contributed by atoms with van der Waals surface area (Å²) >= 11 is 0. The van der Waals surface area contributed by atoms with Gasteiger partial charge in [0, 0.05) is 0 Å². The minimum Gasteiger partial charge on any atom is -0.493 e. The van der Waals surface area contributed by atoms with Crippen molar-refractivity contribution in [3.8, 4) is 28.0 Å². The Kier molecular flexibility index (Phi) is 5.81. The number of rotatable bonds is 8. The van der Waals surface area contributed by atoms with Crippen LogP contribution in [-0.2, 0) is 6.42 Å². The van der Waals surface area contributed by atoms with E-state index in [0.29, 0.717) is 5.92 Å². The molecular formula is C27H30O. The van der Waals surface area contributed by atoms with E-state index in [-0.39, 0.29) is 0 Å². The smallest absolute Gasteiger partial charge is 0.119 e. The first-order valence-electron chi connectivity index (χ1n) is 10.7. The summed E-state index contributed by atoms with van der Waals surface area (Å²) < 4.78 is 6.09. The molecule has 4 rings (SSSR count). The predicted molar refractivity (Wildman–Crippen MR) is 119 cm³/mol. The number of hydrogen-bond acceptors (Lipinski definition) is 1. The van der Waals surface area contributed by atoms with Crippen molar-refractivity contribution < 1.29 is 4.74 Å². The Morgan fingerprint density at radius 1 is 0.821 bits per heavy atom. The molecule has 0 bridgehead atoms. The summed E-state index contributed by atoms with van der Waals surface area (Å²) in [6, 6.07) is 24.1. The highest BCUT2D eigenvalue weighted by molar-refractivity contribution is 5.84. The lowest BCUT2D eigenvalue weighted by atomic mass is 9.96. The summed E-state index contributed by atoms with van der Waals surface area (Å²) in [5.74, 6) is 1.64. The molecule has 0 aliphatic heterocycles. The minimum atomic E-state index is 0.663. The Morgan fingerprint density at radius 2 is 1.57 bits per heavy atom. The van der Waals surface area contributed by atoms with E-state index in [2.05, 4.69) is 80.6 Å². The third-order valence-corrected chi connectivity index (χ3v) is 6.05. The highest BCUT2D eigenvalue weighted by atomic mass is 16.5. The molecule has 144 valence electrons. The molecule has 1 unspecified atom stereocenters.